The summed E-state index contributed by atoms with van der Waals surface area (Å²) >= 11 is 1.52. The number of carbonyl (C=O) groups excluding carboxylic acids is 1. The number of nitrogens with one attached hydrogen (secondary N) is 1. The minimum Gasteiger partial charge on any atom is -0.344 e. The van der Waals surface area contributed by atoms with E-state index in [-0.39, 0.29) is 12.5 Å². The van der Waals surface area contributed by atoms with Gasteiger partial charge in [0.05, 0.1) is 17.6 Å². The minimum atomic E-state index is -0.232. The smallest absolute Gasteiger partial charge is 0.268 e. The molecule has 0 saturated heterocycles. The van der Waals surface area contributed by atoms with E-state index in [2.05, 4.69) is 20.6 Å². The van der Waals surface area contributed by atoms with Gasteiger partial charge in [0.2, 0.25) is 0 Å². The molecule has 0 atom stereocenters. The Bertz CT molecular complexity index is 965. The number of hydrogen-bond donors (Lipinski definition) is 1. The molecule has 8 nitrogen and oxygen atoms in total. The van der Waals surface area contributed by atoms with Gasteiger partial charge in [0.15, 0.2) is 5.82 Å². The number of hydrogen-bond acceptors (Lipinski definition) is 6. The summed E-state index contributed by atoms with van der Waals surface area (Å²) in [6, 6.07) is 3.82. The van der Waals surface area contributed by atoms with E-state index < -0.39 is 0 Å². The van der Waals surface area contributed by atoms with Crippen molar-refractivity contribution in [1.82, 2.24) is 29.6 Å². The molecule has 0 aromatic carbocycles. The summed E-state index contributed by atoms with van der Waals surface area (Å²) in [7, 11) is 1.86. The molecule has 0 aliphatic heterocycles. The van der Waals surface area contributed by atoms with Crippen LogP contribution in [0.2, 0.25) is 0 Å². The van der Waals surface area contributed by atoms with Crippen LogP contribution in [0.4, 0.5) is 0 Å². The summed E-state index contributed by atoms with van der Waals surface area (Å²) in [5, 5.41) is 12.7. The molecule has 9 heteroatoms. The number of imidazole rings is 1. The van der Waals surface area contributed by atoms with Crippen LogP contribution in [0.25, 0.3) is 16.4 Å². The molecule has 0 aliphatic rings. The van der Waals surface area contributed by atoms with Crippen molar-refractivity contribution in [2.45, 2.75) is 6.54 Å². The number of fused-ring (bicyclic) bond motifs is 1. The topological polar surface area (TPSA) is 90.2 Å². The van der Waals surface area contributed by atoms with Crippen molar-refractivity contribution in [2.75, 3.05) is 0 Å². The van der Waals surface area contributed by atoms with Crippen LogP contribution in [-0.2, 0) is 13.6 Å². The molecule has 1 amide bonds. The summed E-state index contributed by atoms with van der Waals surface area (Å²) < 4.78 is 8.68. The molecule has 116 valence electrons. The van der Waals surface area contributed by atoms with E-state index in [4.69, 9.17) is 4.52 Å². The van der Waals surface area contributed by atoms with Gasteiger partial charge < -0.3 is 14.4 Å². The maximum absolute atomic E-state index is 12.3. The van der Waals surface area contributed by atoms with E-state index in [0.29, 0.717) is 17.3 Å². The van der Waals surface area contributed by atoms with Crippen molar-refractivity contribution in [3.63, 3.8) is 0 Å². The van der Waals surface area contributed by atoms with Crippen molar-refractivity contribution >= 4 is 22.9 Å². The van der Waals surface area contributed by atoms with Gasteiger partial charge in [-0.3, -0.25) is 4.79 Å². The van der Waals surface area contributed by atoms with Gasteiger partial charge in [0, 0.05) is 19.4 Å². The Labute approximate surface area is 134 Å². The molecule has 0 unspecified atom stereocenters. The number of nitrogens with zero attached hydrogens (tertiary/aromatic N) is 5. The summed E-state index contributed by atoms with van der Waals surface area (Å²) in [6.45, 7) is 0.190. The maximum atomic E-state index is 12.3. The van der Waals surface area contributed by atoms with Crippen molar-refractivity contribution in [3.05, 3.63) is 47.5 Å². The van der Waals surface area contributed by atoms with Crippen LogP contribution >= 0.6 is 11.3 Å². The van der Waals surface area contributed by atoms with Crippen molar-refractivity contribution in [1.29, 1.82) is 0 Å². The highest BCUT2D eigenvalue weighted by Gasteiger charge is 2.16. The first-order valence-corrected chi connectivity index (χ1v) is 7.73. The number of aromatic nitrogens is 5. The van der Waals surface area contributed by atoms with Gasteiger partial charge in [-0.05, 0) is 11.4 Å². The summed E-state index contributed by atoms with van der Waals surface area (Å²) in [5.74, 6) is 0.654. The van der Waals surface area contributed by atoms with Gasteiger partial charge in [-0.15, -0.1) is 11.3 Å². The highest BCUT2D eigenvalue weighted by molar-refractivity contribution is 7.13. The minimum absolute atomic E-state index is 0.190. The van der Waals surface area contributed by atoms with Crippen LogP contribution in [0.5, 0.6) is 0 Å². The summed E-state index contributed by atoms with van der Waals surface area (Å²) in [5.41, 5.74) is 1.23. The van der Waals surface area contributed by atoms with Gasteiger partial charge in [-0.1, -0.05) is 11.2 Å². The van der Waals surface area contributed by atoms with E-state index in [0.717, 1.165) is 10.5 Å². The normalized spacial score (nSPS) is 11.2. The molecule has 0 saturated carbocycles. The SMILES string of the molecule is Cn1ccn2ncc(C(=O)NCc3noc(-c4cccs4)n3)c12. The molecule has 4 aromatic heterocycles. The predicted molar refractivity (Wildman–Crippen MR) is 82.9 cm³/mol. The average Bonchev–Trinajstić information content (AvgIpc) is 3.31. The Balaban J connectivity index is 1.49. The number of amides is 1. The van der Waals surface area contributed by atoms with Crippen LogP contribution < -0.4 is 5.32 Å². The molecule has 0 aliphatic carbocycles. The number of aryl methyl sites for hydroxylation is 1. The molecule has 0 radical (unpaired) electrons. The molecule has 4 aromatic rings. The second-order valence-corrected chi connectivity index (χ2v) is 5.86. The van der Waals surface area contributed by atoms with Crippen LogP contribution in [0.1, 0.15) is 16.2 Å². The second-order valence-electron chi connectivity index (χ2n) is 4.91. The Morgan fingerprint density at radius 1 is 1.43 bits per heavy atom. The van der Waals surface area contributed by atoms with Gasteiger partial charge in [0.25, 0.3) is 11.8 Å². The lowest BCUT2D eigenvalue weighted by atomic mass is 10.3. The predicted octanol–water partition coefficient (Wildman–Crippen LogP) is 1.71. The van der Waals surface area contributed by atoms with Crippen molar-refractivity contribution in [3.8, 4) is 10.8 Å². The zero-order valence-electron chi connectivity index (χ0n) is 12.1. The molecular weight excluding hydrogens is 316 g/mol. The maximum Gasteiger partial charge on any atom is 0.268 e. The van der Waals surface area contributed by atoms with Crippen molar-refractivity contribution in [2.24, 2.45) is 7.05 Å². The van der Waals surface area contributed by atoms with Crippen LogP contribution in [0.3, 0.4) is 0 Å². The van der Waals surface area contributed by atoms with E-state index in [9.17, 15) is 4.79 Å². The first-order valence-electron chi connectivity index (χ1n) is 6.85. The highest BCUT2D eigenvalue weighted by atomic mass is 32.1. The van der Waals surface area contributed by atoms with E-state index in [1.165, 1.54) is 17.5 Å². The van der Waals surface area contributed by atoms with Crippen LogP contribution in [0.15, 0.2) is 40.6 Å². The molecular formula is C14H12N6O2S. The molecule has 0 spiro atoms. The highest BCUT2D eigenvalue weighted by Crippen LogP contribution is 2.22. The Morgan fingerprint density at radius 3 is 3.17 bits per heavy atom. The lowest BCUT2D eigenvalue weighted by Gasteiger charge is -2.01. The summed E-state index contributed by atoms with van der Waals surface area (Å²) in [4.78, 5) is 17.5. The Kier molecular flexibility index (Phi) is 3.19. The lowest BCUT2D eigenvalue weighted by Crippen LogP contribution is -2.23. The van der Waals surface area contributed by atoms with Gasteiger partial charge in [-0.2, -0.15) is 10.1 Å². The molecule has 1 N–H and O–H groups in total. The fourth-order valence-electron chi connectivity index (χ4n) is 2.29. The standard InChI is InChI=1S/C14H12N6O2S/c1-19-4-5-20-14(19)9(7-16-20)12(21)15-8-11-17-13(22-18-11)10-3-2-6-23-10/h2-7H,8H2,1H3,(H,15,21). The molecule has 4 rings (SSSR count). The number of thiophene rings is 1. The largest absolute Gasteiger partial charge is 0.344 e. The second kappa shape index (κ2) is 5.36. The third kappa shape index (κ3) is 2.40. The zero-order valence-corrected chi connectivity index (χ0v) is 12.9. The van der Waals surface area contributed by atoms with Gasteiger partial charge in [0.1, 0.15) is 11.2 Å². The van der Waals surface area contributed by atoms with E-state index >= 15 is 0 Å². The fourth-order valence-corrected chi connectivity index (χ4v) is 2.94. The average molecular weight is 328 g/mol. The van der Waals surface area contributed by atoms with Crippen LogP contribution in [-0.4, -0.2) is 30.2 Å². The van der Waals surface area contributed by atoms with Gasteiger partial charge in [-0.25, -0.2) is 4.52 Å². The molecule has 23 heavy (non-hydrogen) atoms. The summed E-state index contributed by atoms with van der Waals surface area (Å²) in [6.07, 6.45) is 5.17. The van der Waals surface area contributed by atoms with E-state index in [1.807, 2.05) is 35.3 Å². The first kappa shape index (κ1) is 13.7. The molecule has 0 fully saturated rings. The van der Waals surface area contributed by atoms with Crippen molar-refractivity contribution < 1.29 is 9.32 Å². The molecule has 4 heterocycles. The first-order chi connectivity index (χ1) is 11.2. The quantitative estimate of drug-likeness (QED) is 0.616. The Hall–Kier alpha value is -2.94. The number of rotatable bonds is 4. The van der Waals surface area contributed by atoms with Gasteiger partial charge >= 0.3 is 0 Å². The third-order valence-electron chi connectivity index (χ3n) is 3.39. The zero-order chi connectivity index (χ0) is 15.8. The number of carbonyl (C=O) groups is 1. The van der Waals surface area contributed by atoms with E-state index in [1.54, 1.807) is 10.7 Å². The fraction of sp³-hybridized carbons (Fsp3) is 0.143. The monoisotopic (exact) mass is 328 g/mol. The lowest BCUT2D eigenvalue weighted by molar-refractivity contribution is 0.0951. The Morgan fingerprint density at radius 2 is 2.35 bits per heavy atom. The third-order valence-corrected chi connectivity index (χ3v) is 4.24. The van der Waals surface area contributed by atoms with Crippen LogP contribution in [0, 0.1) is 0 Å². The molecule has 0 bridgehead atoms.